The molecule has 0 spiro atoms. The first kappa shape index (κ1) is 22.3. The number of hydrogen-bond donors (Lipinski definition) is 0. The number of methoxy groups -OCH3 is 2. The van der Waals surface area contributed by atoms with Crippen LogP contribution in [0.1, 0.15) is 35.7 Å². The molecule has 0 saturated carbocycles. The summed E-state index contributed by atoms with van der Waals surface area (Å²) in [7, 11) is 3.26. The molecule has 1 amide bonds. The van der Waals surface area contributed by atoms with E-state index in [1.165, 1.54) is 0 Å². The fourth-order valence-corrected chi connectivity index (χ4v) is 5.14. The first-order chi connectivity index (χ1) is 16.5. The molecule has 0 N–H and O–H groups in total. The molecular formula is C26H31N5O3. The molecule has 3 aromatic rings. The fraction of sp³-hybridized carbons (Fsp3) is 0.423. The van der Waals surface area contributed by atoms with E-state index < -0.39 is 0 Å². The third kappa shape index (κ3) is 3.77. The molecule has 2 aliphatic rings. The Labute approximate surface area is 200 Å². The minimum absolute atomic E-state index is 0.145. The van der Waals surface area contributed by atoms with Gasteiger partial charge in [-0.2, -0.15) is 0 Å². The number of carbonyl (C=O) groups excluding carboxylic acids is 1. The van der Waals surface area contributed by atoms with Gasteiger partial charge < -0.3 is 24.2 Å². The van der Waals surface area contributed by atoms with Gasteiger partial charge in [-0.15, -0.1) is 0 Å². The van der Waals surface area contributed by atoms with Crippen molar-refractivity contribution in [1.82, 2.24) is 14.9 Å². The highest BCUT2D eigenvalue weighted by Gasteiger charge is 2.35. The average Bonchev–Trinajstić information content (AvgIpc) is 2.88. The van der Waals surface area contributed by atoms with Gasteiger partial charge in [0.2, 0.25) is 0 Å². The molecule has 1 aromatic heterocycles. The zero-order valence-corrected chi connectivity index (χ0v) is 20.2. The summed E-state index contributed by atoms with van der Waals surface area (Å²) in [6, 6.07) is 10.2. The van der Waals surface area contributed by atoms with Gasteiger partial charge in [0.15, 0.2) is 11.5 Å². The monoisotopic (exact) mass is 461 g/mol. The Kier molecular flexibility index (Phi) is 5.89. The minimum atomic E-state index is 0.145. The van der Waals surface area contributed by atoms with Crippen LogP contribution in [0.3, 0.4) is 0 Å². The van der Waals surface area contributed by atoms with Crippen LogP contribution in [0.4, 0.5) is 11.5 Å². The summed E-state index contributed by atoms with van der Waals surface area (Å²) in [6.07, 6.45) is 3.38. The lowest BCUT2D eigenvalue weighted by Gasteiger charge is -2.44. The van der Waals surface area contributed by atoms with Gasteiger partial charge in [-0.3, -0.25) is 4.79 Å². The third-order valence-electron chi connectivity index (χ3n) is 7.01. The molecule has 2 aromatic carbocycles. The first-order valence-electron chi connectivity index (χ1n) is 11.8. The van der Waals surface area contributed by atoms with E-state index in [0.717, 1.165) is 66.0 Å². The number of rotatable bonds is 5. The maximum atomic E-state index is 13.4. The summed E-state index contributed by atoms with van der Waals surface area (Å²) >= 11 is 0. The summed E-state index contributed by atoms with van der Waals surface area (Å²) in [5, 5.41) is 0.939. The van der Waals surface area contributed by atoms with Crippen molar-refractivity contribution in [3.8, 4) is 11.5 Å². The van der Waals surface area contributed by atoms with Gasteiger partial charge in [-0.25, -0.2) is 9.97 Å². The molecule has 1 saturated heterocycles. The maximum absolute atomic E-state index is 13.4. The second kappa shape index (κ2) is 9.00. The highest BCUT2D eigenvalue weighted by atomic mass is 16.5. The normalized spacial score (nSPS) is 16.7. The lowest BCUT2D eigenvalue weighted by molar-refractivity contribution is 0.0633. The van der Waals surface area contributed by atoms with Crippen LogP contribution in [-0.4, -0.2) is 67.3 Å². The number of fused-ring (bicyclic) bond motifs is 2. The molecule has 0 radical (unpaired) electrons. The Morgan fingerprint density at radius 3 is 2.47 bits per heavy atom. The Morgan fingerprint density at radius 1 is 1.03 bits per heavy atom. The number of aromatic nitrogens is 2. The Hall–Kier alpha value is -3.55. The highest BCUT2D eigenvalue weighted by molar-refractivity contribution is 6.02. The van der Waals surface area contributed by atoms with Crippen molar-refractivity contribution in [2.24, 2.45) is 0 Å². The topological polar surface area (TPSA) is 71.0 Å². The van der Waals surface area contributed by atoms with Crippen molar-refractivity contribution in [2.45, 2.75) is 32.7 Å². The van der Waals surface area contributed by atoms with Gasteiger partial charge in [0.05, 0.1) is 37.7 Å². The quantitative estimate of drug-likeness (QED) is 0.571. The van der Waals surface area contributed by atoms with E-state index in [1.807, 2.05) is 25.1 Å². The number of piperidine rings is 1. The zero-order valence-electron chi connectivity index (χ0n) is 20.2. The van der Waals surface area contributed by atoms with Crippen LogP contribution in [0.5, 0.6) is 11.5 Å². The van der Waals surface area contributed by atoms with Crippen LogP contribution >= 0.6 is 0 Å². The van der Waals surface area contributed by atoms with Gasteiger partial charge >= 0.3 is 0 Å². The van der Waals surface area contributed by atoms with Gasteiger partial charge in [0, 0.05) is 37.1 Å². The molecule has 178 valence electrons. The first-order valence-corrected chi connectivity index (χ1v) is 11.8. The van der Waals surface area contributed by atoms with Crippen LogP contribution in [0, 0.1) is 6.92 Å². The summed E-state index contributed by atoms with van der Waals surface area (Å²) < 4.78 is 10.9. The third-order valence-corrected chi connectivity index (χ3v) is 7.01. The van der Waals surface area contributed by atoms with Crippen molar-refractivity contribution in [3.05, 3.63) is 47.8 Å². The predicted molar refractivity (Wildman–Crippen MR) is 133 cm³/mol. The van der Waals surface area contributed by atoms with Gasteiger partial charge in [0.1, 0.15) is 12.1 Å². The predicted octanol–water partition coefficient (Wildman–Crippen LogP) is 3.86. The Bertz CT molecular complexity index is 1220. The van der Waals surface area contributed by atoms with Crippen molar-refractivity contribution in [3.63, 3.8) is 0 Å². The highest BCUT2D eigenvalue weighted by Crippen LogP contribution is 2.36. The number of ether oxygens (including phenoxy) is 2. The molecule has 0 unspecified atom stereocenters. The number of nitrogens with zero attached hydrogens (tertiary/aromatic N) is 5. The van der Waals surface area contributed by atoms with E-state index in [1.54, 1.807) is 20.5 Å². The van der Waals surface area contributed by atoms with Crippen molar-refractivity contribution < 1.29 is 14.3 Å². The average molecular weight is 462 g/mol. The summed E-state index contributed by atoms with van der Waals surface area (Å²) in [4.78, 5) is 29.1. The molecule has 8 nitrogen and oxygen atoms in total. The Morgan fingerprint density at radius 2 is 1.76 bits per heavy atom. The van der Waals surface area contributed by atoms with Gasteiger partial charge in [0.25, 0.3) is 5.91 Å². The minimum Gasteiger partial charge on any atom is -0.493 e. The molecule has 0 aliphatic carbocycles. The summed E-state index contributed by atoms with van der Waals surface area (Å²) in [5.74, 6) is 2.35. The largest absolute Gasteiger partial charge is 0.493 e. The standard InChI is InChI=1S/C26H31N5O3/c1-5-29-16-31(26(32)20-12-17(2)6-7-22(20)29)18-8-10-30(11-9-18)25-19-13-23(33-3)24(34-4)14-21(19)27-15-28-25/h6-7,12-15,18H,5,8-11,16H2,1-4H3. The van der Waals surface area contributed by atoms with E-state index in [4.69, 9.17) is 9.47 Å². The van der Waals surface area contributed by atoms with Crippen molar-refractivity contribution in [1.29, 1.82) is 0 Å². The molecule has 3 heterocycles. The van der Waals surface area contributed by atoms with E-state index in [2.05, 4.69) is 43.7 Å². The van der Waals surface area contributed by atoms with Gasteiger partial charge in [-0.1, -0.05) is 11.6 Å². The summed E-state index contributed by atoms with van der Waals surface area (Å²) in [5.41, 5.74) is 3.80. The van der Waals surface area contributed by atoms with Crippen LogP contribution in [0.2, 0.25) is 0 Å². The smallest absolute Gasteiger partial charge is 0.257 e. The van der Waals surface area contributed by atoms with Crippen molar-refractivity contribution >= 4 is 28.3 Å². The molecule has 5 rings (SSSR count). The maximum Gasteiger partial charge on any atom is 0.257 e. The second-order valence-electron chi connectivity index (χ2n) is 8.93. The molecule has 8 heteroatoms. The summed E-state index contributed by atoms with van der Waals surface area (Å²) in [6.45, 7) is 7.34. The van der Waals surface area contributed by atoms with E-state index >= 15 is 0 Å². The van der Waals surface area contributed by atoms with Crippen LogP contribution in [-0.2, 0) is 0 Å². The zero-order chi connectivity index (χ0) is 23.8. The number of amides is 1. The molecule has 1 fully saturated rings. The lowest BCUT2D eigenvalue weighted by atomic mass is 9.99. The molecule has 34 heavy (non-hydrogen) atoms. The number of carbonyl (C=O) groups is 1. The molecule has 0 atom stereocenters. The number of anilines is 2. The second-order valence-corrected chi connectivity index (χ2v) is 8.93. The van der Waals surface area contributed by atoms with Gasteiger partial charge in [-0.05, 0) is 44.9 Å². The van der Waals surface area contributed by atoms with E-state index in [9.17, 15) is 4.79 Å². The number of benzene rings is 2. The van der Waals surface area contributed by atoms with Crippen molar-refractivity contribution in [2.75, 3.05) is 50.3 Å². The van der Waals surface area contributed by atoms with Crippen LogP contribution in [0.15, 0.2) is 36.7 Å². The molecule has 0 bridgehead atoms. The number of hydrogen-bond acceptors (Lipinski definition) is 7. The fourth-order valence-electron chi connectivity index (χ4n) is 5.14. The number of aryl methyl sites for hydroxylation is 1. The Balaban J connectivity index is 1.37. The van der Waals surface area contributed by atoms with Crippen LogP contribution < -0.4 is 19.3 Å². The van der Waals surface area contributed by atoms with E-state index in [0.29, 0.717) is 18.2 Å². The molecular weight excluding hydrogens is 430 g/mol. The van der Waals surface area contributed by atoms with E-state index in [-0.39, 0.29) is 11.9 Å². The lowest BCUT2D eigenvalue weighted by Crippen LogP contribution is -2.54. The van der Waals surface area contributed by atoms with Crippen LogP contribution in [0.25, 0.3) is 10.9 Å². The molecule has 2 aliphatic heterocycles. The SMILES string of the molecule is CCN1CN(C2CCN(c3ncnc4cc(OC)c(OC)cc34)CC2)C(=O)c2cc(C)ccc21.